The Morgan fingerprint density at radius 2 is 2.00 bits per heavy atom. The lowest BCUT2D eigenvalue weighted by molar-refractivity contribution is -0.118. The second-order valence-electron chi connectivity index (χ2n) is 6.06. The normalized spacial score (nSPS) is 10.9. The Balaban J connectivity index is 2.07. The quantitative estimate of drug-likeness (QED) is 0.660. The molecule has 1 aromatic heterocycles. The van der Waals surface area contributed by atoms with Crippen molar-refractivity contribution in [1.29, 1.82) is 0 Å². The van der Waals surface area contributed by atoms with E-state index in [1.807, 2.05) is 13.8 Å². The van der Waals surface area contributed by atoms with Crippen molar-refractivity contribution in [2.45, 2.75) is 32.0 Å². The van der Waals surface area contributed by atoms with Gasteiger partial charge in [-0.25, -0.2) is 9.07 Å². The maximum Gasteiger partial charge on any atom is 0.237 e. The van der Waals surface area contributed by atoms with Gasteiger partial charge in [0, 0.05) is 25.2 Å². The summed E-state index contributed by atoms with van der Waals surface area (Å²) >= 11 is 1.21. The third-order valence-electron chi connectivity index (χ3n) is 3.38. The number of halogens is 1. The number of benzene rings is 1. The third-order valence-corrected chi connectivity index (χ3v) is 4.32. The highest BCUT2D eigenvalue weighted by atomic mass is 32.2. The molecule has 0 radical (unpaired) electrons. The zero-order valence-corrected chi connectivity index (χ0v) is 15.4. The molecule has 26 heavy (non-hydrogen) atoms. The number of carbonyl (C=O) groups is 2. The van der Waals surface area contributed by atoms with Crippen LogP contribution >= 0.6 is 11.8 Å². The summed E-state index contributed by atoms with van der Waals surface area (Å²) in [6.07, 6.45) is 0.0128. The fraction of sp³-hybridized carbons (Fsp3) is 0.438. The van der Waals surface area contributed by atoms with E-state index in [-0.39, 0.29) is 24.6 Å². The summed E-state index contributed by atoms with van der Waals surface area (Å²) in [6, 6.07) is 5.50. The molecule has 10 heteroatoms. The molecule has 2 N–H and O–H groups in total. The van der Waals surface area contributed by atoms with Gasteiger partial charge in [0.15, 0.2) is 0 Å². The van der Waals surface area contributed by atoms with Crippen LogP contribution in [0.25, 0.3) is 0 Å². The van der Waals surface area contributed by atoms with Gasteiger partial charge in [-0.15, -0.1) is 5.10 Å². The largest absolute Gasteiger partial charge is 0.370 e. The Morgan fingerprint density at radius 3 is 2.62 bits per heavy atom. The SMILES string of the molecule is CC(C)Cn1nnnc1SCC(=O)N(CCC(N)=O)c1ccc(F)cc1. The predicted octanol–water partition coefficient (Wildman–Crippen LogP) is 1.47. The highest BCUT2D eigenvalue weighted by Gasteiger charge is 2.19. The van der Waals surface area contributed by atoms with Crippen molar-refractivity contribution in [2.75, 3.05) is 17.2 Å². The molecular formula is C16H21FN6O2S. The van der Waals surface area contributed by atoms with Crippen LogP contribution in [0.4, 0.5) is 10.1 Å². The third kappa shape index (κ3) is 5.80. The summed E-state index contributed by atoms with van der Waals surface area (Å²) in [5.74, 6) is -0.729. The summed E-state index contributed by atoms with van der Waals surface area (Å²) in [6.45, 7) is 4.85. The molecule has 2 amide bonds. The van der Waals surface area contributed by atoms with Gasteiger partial charge in [0.2, 0.25) is 17.0 Å². The molecule has 0 aliphatic heterocycles. The van der Waals surface area contributed by atoms with Crippen molar-refractivity contribution in [3.8, 4) is 0 Å². The fourth-order valence-electron chi connectivity index (χ4n) is 2.21. The first-order chi connectivity index (χ1) is 12.4. The molecule has 1 aromatic carbocycles. The lowest BCUT2D eigenvalue weighted by Crippen LogP contribution is -2.35. The summed E-state index contributed by atoms with van der Waals surface area (Å²) in [5, 5.41) is 12.0. The molecule has 0 spiro atoms. The van der Waals surface area contributed by atoms with E-state index in [4.69, 9.17) is 5.73 Å². The Hall–Kier alpha value is -2.49. The van der Waals surface area contributed by atoms with Crippen molar-refractivity contribution in [2.24, 2.45) is 11.7 Å². The number of carbonyl (C=O) groups excluding carboxylic acids is 2. The summed E-state index contributed by atoms with van der Waals surface area (Å²) < 4.78 is 14.8. The van der Waals surface area contributed by atoms with Gasteiger partial charge in [0.25, 0.3) is 0 Å². The number of primary amides is 1. The number of hydrogen-bond acceptors (Lipinski definition) is 6. The fourth-order valence-corrected chi connectivity index (χ4v) is 2.97. The zero-order valence-electron chi connectivity index (χ0n) is 14.6. The second-order valence-corrected chi connectivity index (χ2v) is 7.01. The van der Waals surface area contributed by atoms with Crippen molar-refractivity contribution in [3.63, 3.8) is 0 Å². The molecule has 8 nitrogen and oxygen atoms in total. The van der Waals surface area contributed by atoms with E-state index in [1.54, 1.807) is 4.68 Å². The van der Waals surface area contributed by atoms with E-state index in [0.29, 0.717) is 23.3 Å². The standard InChI is InChI=1S/C16H21FN6O2S/c1-11(2)9-23-16(19-20-21-23)26-10-15(25)22(8-7-14(18)24)13-5-3-12(17)4-6-13/h3-6,11H,7-10H2,1-2H3,(H2,18,24). The van der Waals surface area contributed by atoms with Crippen LogP contribution in [-0.2, 0) is 16.1 Å². The molecule has 2 rings (SSSR count). The minimum atomic E-state index is -0.515. The van der Waals surface area contributed by atoms with Gasteiger partial charge < -0.3 is 10.6 Å². The van der Waals surface area contributed by atoms with Gasteiger partial charge in [-0.05, 0) is 40.6 Å². The molecule has 0 aliphatic carbocycles. The molecule has 0 saturated heterocycles. The first-order valence-electron chi connectivity index (χ1n) is 8.10. The molecule has 0 bridgehead atoms. The van der Waals surface area contributed by atoms with Gasteiger partial charge in [-0.1, -0.05) is 25.6 Å². The monoisotopic (exact) mass is 380 g/mol. The number of amides is 2. The Kier molecular flexibility index (Phi) is 7.07. The average Bonchev–Trinajstić information content (AvgIpc) is 3.00. The molecule has 0 fully saturated rings. The predicted molar refractivity (Wildman–Crippen MR) is 95.9 cm³/mol. The van der Waals surface area contributed by atoms with E-state index in [2.05, 4.69) is 15.5 Å². The van der Waals surface area contributed by atoms with Gasteiger partial charge >= 0.3 is 0 Å². The number of aromatic nitrogens is 4. The van der Waals surface area contributed by atoms with Crippen molar-refractivity contribution >= 4 is 29.3 Å². The molecule has 2 aromatic rings. The minimum absolute atomic E-state index is 0.0128. The number of tetrazole rings is 1. The van der Waals surface area contributed by atoms with Crippen LogP contribution in [0, 0.1) is 11.7 Å². The average molecular weight is 380 g/mol. The molecular weight excluding hydrogens is 359 g/mol. The Bertz CT molecular complexity index is 749. The van der Waals surface area contributed by atoms with Crippen molar-refractivity contribution < 1.29 is 14.0 Å². The van der Waals surface area contributed by atoms with E-state index >= 15 is 0 Å². The number of hydrogen-bond donors (Lipinski definition) is 1. The molecule has 0 atom stereocenters. The lowest BCUT2D eigenvalue weighted by atomic mass is 10.2. The number of anilines is 1. The minimum Gasteiger partial charge on any atom is -0.370 e. The van der Waals surface area contributed by atoms with Crippen molar-refractivity contribution in [1.82, 2.24) is 20.2 Å². The number of nitrogens with two attached hydrogens (primary N) is 1. The second kappa shape index (κ2) is 9.27. The summed E-state index contributed by atoms with van der Waals surface area (Å²) in [7, 11) is 0. The van der Waals surface area contributed by atoms with Gasteiger partial charge in [-0.2, -0.15) is 0 Å². The highest BCUT2D eigenvalue weighted by Crippen LogP contribution is 2.20. The van der Waals surface area contributed by atoms with Crippen LogP contribution in [0.3, 0.4) is 0 Å². The summed E-state index contributed by atoms with van der Waals surface area (Å²) in [5.41, 5.74) is 5.69. The van der Waals surface area contributed by atoms with Crippen LogP contribution in [0.5, 0.6) is 0 Å². The van der Waals surface area contributed by atoms with Crippen LogP contribution in [-0.4, -0.2) is 44.3 Å². The zero-order chi connectivity index (χ0) is 19.1. The van der Waals surface area contributed by atoms with E-state index in [1.165, 1.54) is 40.9 Å². The maximum absolute atomic E-state index is 13.1. The van der Waals surface area contributed by atoms with Crippen LogP contribution in [0.15, 0.2) is 29.4 Å². The Morgan fingerprint density at radius 1 is 1.31 bits per heavy atom. The van der Waals surface area contributed by atoms with Crippen LogP contribution in [0.1, 0.15) is 20.3 Å². The molecule has 0 unspecified atom stereocenters. The molecule has 0 saturated carbocycles. The Labute approximate surface area is 154 Å². The van der Waals surface area contributed by atoms with Gasteiger partial charge in [0.1, 0.15) is 5.82 Å². The maximum atomic E-state index is 13.1. The topological polar surface area (TPSA) is 107 Å². The van der Waals surface area contributed by atoms with E-state index in [0.717, 1.165) is 0 Å². The molecule has 1 heterocycles. The number of nitrogens with zero attached hydrogens (tertiary/aromatic N) is 5. The number of rotatable bonds is 9. The number of thioether (sulfide) groups is 1. The van der Waals surface area contributed by atoms with Gasteiger partial charge in [-0.3, -0.25) is 9.59 Å². The van der Waals surface area contributed by atoms with E-state index in [9.17, 15) is 14.0 Å². The highest BCUT2D eigenvalue weighted by molar-refractivity contribution is 7.99. The van der Waals surface area contributed by atoms with Crippen LogP contribution < -0.4 is 10.6 Å². The van der Waals surface area contributed by atoms with Gasteiger partial charge in [0.05, 0.1) is 5.75 Å². The van der Waals surface area contributed by atoms with Crippen molar-refractivity contribution in [3.05, 3.63) is 30.1 Å². The van der Waals surface area contributed by atoms with Crippen LogP contribution in [0.2, 0.25) is 0 Å². The molecule has 140 valence electrons. The van der Waals surface area contributed by atoms with E-state index < -0.39 is 11.7 Å². The first-order valence-corrected chi connectivity index (χ1v) is 9.08. The lowest BCUT2D eigenvalue weighted by Gasteiger charge is -2.22. The summed E-state index contributed by atoms with van der Waals surface area (Å²) in [4.78, 5) is 25.2. The first kappa shape index (κ1) is 19.8. The molecule has 0 aliphatic rings. The smallest absolute Gasteiger partial charge is 0.237 e.